The van der Waals surface area contributed by atoms with Gasteiger partial charge in [0, 0.05) is 0 Å². The summed E-state index contributed by atoms with van der Waals surface area (Å²) in [5, 5.41) is 0. The third kappa shape index (κ3) is 1.53. The minimum absolute atomic E-state index is 0.0183. The molecular formula is C15H21IN2O4. The number of halogens is 1. The van der Waals surface area contributed by atoms with E-state index in [1.807, 2.05) is 6.92 Å². The molecule has 0 radical (unpaired) electrons. The molecule has 5 aliphatic rings. The van der Waals surface area contributed by atoms with Gasteiger partial charge >= 0.3 is 137 Å². The van der Waals surface area contributed by atoms with Crippen molar-refractivity contribution in [3.8, 4) is 0 Å². The van der Waals surface area contributed by atoms with Crippen molar-refractivity contribution in [1.29, 1.82) is 0 Å². The van der Waals surface area contributed by atoms with Crippen molar-refractivity contribution in [2.75, 3.05) is 6.61 Å². The van der Waals surface area contributed by atoms with E-state index in [2.05, 4.69) is 14.0 Å². The van der Waals surface area contributed by atoms with Crippen LogP contribution in [0.1, 0.15) is 33.1 Å². The van der Waals surface area contributed by atoms with E-state index in [0.717, 1.165) is 19.3 Å². The molecule has 2 bridgehead atoms. The first-order chi connectivity index (χ1) is 10.5. The number of fused-ring (bicyclic) bond motifs is 6. The fourth-order valence-corrected chi connectivity index (χ4v) is 10.5. The number of cyclic esters (lactones) is 1. The molecule has 3 aliphatic heterocycles. The second-order valence-electron chi connectivity index (χ2n) is 7.48. The van der Waals surface area contributed by atoms with Crippen molar-refractivity contribution >= 4 is 32.3 Å². The molecule has 0 amide bonds. The summed E-state index contributed by atoms with van der Waals surface area (Å²) in [4.78, 5) is 24.6. The number of carbonyl (C=O) groups is 2. The summed E-state index contributed by atoms with van der Waals surface area (Å²) in [7, 11) is 0. The van der Waals surface area contributed by atoms with E-state index in [9.17, 15) is 9.59 Å². The Kier molecular flexibility index (Phi) is 2.64. The van der Waals surface area contributed by atoms with Gasteiger partial charge in [-0.3, -0.25) is 0 Å². The van der Waals surface area contributed by atoms with E-state index < -0.39 is 25.8 Å². The summed E-state index contributed by atoms with van der Waals surface area (Å²) in [6, 6.07) is 0. The van der Waals surface area contributed by atoms with Gasteiger partial charge in [-0.05, 0) is 0 Å². The van der Waals surface area contributed by atoms with Crippen LogP contribution in [-0.4, -0.2) is 28.3 Å². The Morgan fingerprint density at radius 3 is 2.82 bits per heavy atom. The van der Waals surface area contributed by atoms with E-state index in [4.69, 9.17) is 9.47 Å². The Morgan fingerprint density at radius 1 is 1.45 bits per heavy atom. The van der Waals surface area contributed by atoms with Crippen molar-refractivity contribution in [3.63, 3.8) is 0 Å². The normalized spacial score (nSPS) is 46.5. The molecule has 22 heavy (non-hydrogen) atoms. The van der Waals surface area contributed by atoms with Gasteiger partial charge in [-0.15, -0.1) is 0 Å². The van der Waals surface area contributed by atoms with Crippen molar-refractivity contribution in [3.05, 3.63) is 0 Å². The first-order valence-corrected chi connectivity index (χ1v) is 11.4. The average Bonchev–Trinajstić information content (AvgIpc) is 3.19. The summed E-state index contributed by atoms with van der Waals surface area (Å²) in [5.41, 5.74) is -0.443. The predicted molar refractivity (Wildman–Crippen MR) is 85.5 cm³/mol. The summed E-state index contributed by atoms with van der Waals surface area (Å²) in [6.07, 6.45) is 2.62. The van der Waals surface area contributed by atoms with Crippen LogP contribution in [0.3, 0.4) is 0 Å². The zero-order chi connectivity index (χ0) is 15.3. The number of carbonyl (C=O) groups excluding carboxylic acids is 2. The van der Waals surface area contributed by atoms with Crippen molar-refractivity contribution in [2.45, 2.75) is 42.9 Å². The molecule has 6 atom stereocenters. The summed E-state index contributed by atoms with van der Waals surface area (Å²) >= 11 is -1.18. The maximum absolute atomic E-state index is 12.8. The average molecular weight is 420 g/mol. The van der Waals surface area contributed by atoms with Crippen LogP contribution < -0.4 is 7.06 Å². The molecule has 0 aromatic carbocycles. The Hall–Kier alpha value is -0.410. The van der Waals surface area contributed by atoms with Crippen LogP contribution in [0.4, 0.5) is 0 Å². The van der Waals surface area contributed by atoms with Crippen molar-refractivity contribution < 1.29 is 19.1 Å². The molecule has 0 aromatic heterocycles. The minimum atomic E-state index is -1.18. The Labute approximate surface area is 137 Å². The second kappa shape index (κ2) is 4.16. The molecule has 0 spiro atoms. The molecule has 5 rings (SSSR count). The summed E-state index contributed by atoms with van der Waals surface area (Å²) in [6.45, 7) is 4.61. The van der Waals surface area contributed by atoms with Crippen LogP contribution in [0, 0.1) is 29.1 Å². The maximum atomic E-state index is 12.8. The molecule has 2 saturated carbocycles. The second-order valence-corrected chi connectivity index (χ2v) is 11.8. The molecule has 3 saturated heterocycles. The number of nitrogens with one attached hydrogen (secondary N) is 2. The van der Waals surface area contributed by atoms with E-state index in [1.54, 1.807) is 0 Å². The van der Waals surface area contributed by atoms with E-state index in [0.29, 0.717) is 18.4 Å². The summed E-state index contributed by atoms with van der Waals surface area (Å²) < 4.78 is 18.1. The van der Waals surface area contributed by atoms with Crippen LogP contribution in [0.2, 0.25) is 0 Å². The quantitative estimate of drug-likeness (QED) is 0.178. The number of alkyl halides is 1. The third-order valence-electron chi connectivity index (χ3n) is 6.63. The molecule has 6 nitrogen and oxygen atoms in total. The fraction of sp³-hybridized carbons (Fsp3) is 0.867. The Bertz CT molecular complexity index is 578. The van der Waals surface area contributed by atoms with Gasteiger partial charge in [0.25, 0.3) is 0 Å². The molecule has 5 fully saturated rings. The first kappa shape index (κ1) is 14.0. The van der Waals surface area contributed by atoms with E-state index in [-0.39, 0.29) is 33.5 Å². The van der Waals surface area contributed by atoms with Gasteiger partial charge in [-0.25, -0.2) is 0 Å². The van der Waals surface area contributed by atoms with E-state index in [1.165, 1.54) is 0 Å². The first-order valence-electron chi connectivity index (χ1n) is 8.13. The Morgan fingerprint density at radius 2 is 2.18 bits per heavy atom. The van der Waals surface area contributed by atoms with Crippen LogP contribution in [0.25, 0.3) is 0 Å². The number of ether oxygens (including phenoxy) is 2. The molecule has 122 valence electrons. The van der Waals surface area contributed by atoms with Crippen molar-refractivity contribution in [2.24, 2.45) is 29.1 Å². The standard InChI is InChI=1S/C15H21IN2O4/c1-3-14(2,15-16(17-15)18-15)13(20)22-10-5-7-4-8(10)9-6-21-12(19)11(7)9/h7-11,17-18H,3-6H2,1-2H3. The summed E-state index contributed by atoms with van der Waals surface area (Å²) in [5.74, 6) is 0.930. The fourth-order valence-electron chi connectivity index (χ4n) is 4.87. The molecule has 2 N–H and O–H groups in total. The molecule has 3 heterocycles. The van der Waals surface area contributed by atoms with Gasteiger partial charge in [0.2, 0.25) is 0 Å². The van der Waals surface area contributed by atoms with Crippen LogP contribution in [0.5, 0.6) is 0 Å². The van der Waals surface area contributed by atoms with Crippen LogP contribution >= 0.6 is 20.4 Å². The number of esters is 2. The van der Waals surface area contributed by atoms with Gasteiger partial charge < -0.3 is 0 Å². The van der Waals surface area contributed by atoms with Gasteiger partial charge in [0.05, 0.1) is 0 Å². The monoisotopic (exact) mass is 420 g/mol. The van der Waals surface area contributed by atoms with Gasteiger partial charge in [0.1, 0.15) is 0 Å². The number of rotatable bonds is 4. The molecule has 6 unspecified atom stereocenters. The number of hydrogen-bond donors (Lipinski definition) is 2. The van der Waals surface area contributed by atoms with Gasteiger partial charge in [-0.1, -0.05) is 0 Å². The van der Waals surface area contributed by atoms with E-state index >= 15 is 0 Å². The SMILES string of the molecule is CCC(C)(C(=O)OC1CC2CC1C1COC(=O)C21)C12NI1N2. The topological polar surface area (TPSA) is 96.5 Å². The molecule has 7 heteroatoms. The molecule has 2 aliphatic carbocycles. The van der Waals surface area contributed by atoms with Gasteiger partial charge in [-0.2, -0.15) is 0 Å². The zero-order valence-electron chi connectivity index (χ0n) is 12.7. The predicted octanol–water partition coefficient (Wildman–Crippen LogP) is 1.34. The molecular weight excluding hydrogens is 399 g/mol. The molecule has 0 aromatic rings. The van der Waals surface area contributed by atoms with Crippen molar-refractivity contribution in [1.82, 2.24) is 7.06 Å². The van der Waals surface area contributed by atoms with Gasteiger partial charge in [0.15, 0.2) is 0 Å². The van der Waals surface area contributed by atoms with Crippen LogP contribution in [-0.2, 0) is 19.1 Å². The zero-order valence-corrected chi connectivity index (χ0v) is 14.9. The number of hydrogen-bond acceptors (Lipinski definition) is 6. The van der Waals surface area contributed by atoms with Crippen LogP contribution in [0.15, 0.2) is 0 Å². The Balaban J connectivity index is 1.31. The third-order valence-corrected chi connectivity index (χ3v) is 11.6.